The molecule has 1 heterocycles. The molecule has 0 aliphatic carbocycles. The molecular weight excluding hydrogens is 218 g/mol. The lowest BCUT2D eigenvalue weighted by molar-refractivity contribution is 0.387. The van der Waals surface area contributed by atoms with Crippen LogP contribution in [0.4, 0.5) is 0 Å². The third kappa shape index (κ3) is 2.49. The first kappa shape index (κ1) is 10.9. The van der Waals surface area contributed by atoms with Gasteiger partial charge in [0.25, 0.3) is 0 Å². The van der Waals surface area contributed by atoms with Crippen molar-refractivity contribution in [1.29, 1.82) is 5.26 Å². The molecule has 5 heteroatoms. The minimum absolute atomic E-state index is 0.333. The molecule has 0 aliphatic rings. The second kappa shape index (κ2) is 4.94. The van der Waals surface area contributed by atoms with E-state index in [1.165, 1.54) is 13.4 Å². The van der Waals surface area contributed by atoms with Gasteiger partial charge in [-0.1, -0.05) is 12.1 Å². The monoisotopic (exact) mass is 227 g/mol. The Morgan fingerprint density at radius 2 is 1.94 bits per heavy atom. The third-order valence-electron chi connectivity index (χ3n) is 2.05. The molecule has 0 radical (unpaired) electrons. The van der Waals surface area contributed by atoms with Crippen LogP contribution >= 0.6 is 0 Å². The predicted octanol–water partition coefficient (Wildman–Crippen LogP) is 2.15. The molecule has 0 aliphatic heterocycles. The molecule has 0 unspecified atom stereocenters. The van der Waals surface area contributed by atoms with Gasteiger partial charge in [0.2, 0.25) is 11.8 Å². The van der Waals surface area contributed by atoms with Gasteiger partial charge in [-0.2, -0.15) is 5.26 Å². The van der Waals surface area contributed by atoms with Crippen molar-refractivity contribution < 1.29 is 9.47 Å². The fraction of sp³-hybridized carbons (Fsp3) is 0.0833. The summed E-state index contributed by atoms with van der Waals surface area (Å²) >= 11 is 0. The molecule has 0 bridgehead atoms. The second-order valence-corrected chi connectivity index (χ2v) is 3.11. The van der Waals surface area contributed by atoms with E-state index in [4.69, 9.17) is 14.7 Å². The zero-order chi connectivity index (χ0) is 12.1. The van der Waals surface area contributed by atoms with E-state index in [1.54, 1.807) is 30.3 Å². The number of nitrogens with zero attached hydrogens (tertiary/aromatic N) is 3. The van der Waals surface area contributed by atoms with E-state index in [9.17, 15) is 0 Å². The first-order chi connectivity index (χ1) is 8.33. The topological polar surface area (TPSA) is 68.0 Å². The van der Waals surface area contributed by atoms with E-state index in [0.29, 0.717) is 23.1 Å². The highest BCUT2D eigenvalue weighted by molar-refractivity contribution is 5.44. The van der Waals surface area contributed by atoms with E-state index in [1.807, 2.05) is 6.07 Å². The summed E-state index contributed by atoms with van der Waals surface area (Å²) in [7, 11) is 1.51. The number of benzene rings is 1. The molecule has 0 fully saturated rings. The lowest BCUT2D eigenvalue weighted by atomic mass is 10.2. The van der Waals surface area contributed by atoms with Crippen LogP contribution in [0.25, 0.3) is 0 Å². The zero-order valence-corrected chi connectivity index (χ0v) is 9.12. The fourth-order valence-corrected chi connectivity index (χ4v) is 1.25. The van der Waals surface area contributed by atoms with Gasteiger partial charge in [-0.15, -0.1) is 0 Å². The average Bonchev–Trinajstić information content (AvgIpc) is 2.39. The van der Waals surface area contributed by atoms with Crippen LogP contribution in [0.5, 0.6) is 17.5 Å². The first-order valence-corrected chi connectivity index (χ1v) is 4.86. The largest absolute Gasteiger partial charge is 0.481 e. The van der Waals surface area contributed by atoms with Crippen LogP contribution in [0, 0.1) is 11.3 Å². The summed E-state index contributed by atoms with van der Waals surface area (Å²) < 4.78 is 10.4. The molecule has 0 amide bonds. The maximum Gasteiger partial charge on any atom is 0.226 e. The van der Waals surface area contributed by atoms with Crippen molar-refractivity contribution in [2.45, 2.75) is 0 Å². The van der Waals surface area contributed by atoms with Crippen LogP contribution in [0.3, 0.4) is 0 Å². The van der Waals surface area contributed by atoms with Crippen LogP contribution in [0.15, 0.2) is 36.7 Å². The highest BCUT2D eigenvalue weighted by atomic mass is 16.5. The fourth-order valence-electron chi connectivity index (χ4n) is 1.25. The van der Waals surface area contributed by atoms with Gasteiger partial charge in [-0.25, -0.2) is 9.97 Å². The van der Waals surface area contributed by atoms with Crippen molar-refractivity contribution in [2.24, 2.45) is 0 Å². The Morgan fingerprint density at radius 3 is 2.71 bits per heavy atom. The summed E-state index contributed by atoms with van der Waals surface area (Å²) in [6, 6.07) is 10.5. The van der Waals surface area contributed by atoms with E-state index < -0.39 is 0 Å². The molecule has 0 spiro atoms. The van der Waals surface area contributed by atoms with Crippen molar-refractivity contribution >= 4 is 0 Å². The predicted molar refractivity (Wildman–Crippen MR) is 59.8 cm³/mol. The molecule has 0 N–H and O–H groups in total. The van der Waals surface area contributed by atoms with Crippen LogP contribution in [-0.2, 0) is 0 Å². The Hall–Kier alpha value is -2.61. The van der Waals surface area contributed by atoms with Crippen molar-refractivity contribution in [2.75, 3.05) is 7.11 Å². The summed E-state index contributed by atoms with van der Waals surface area (Å²) in [5, 5.41) is 8.91. The van der Waals surface area contributed by atoms with Crippen LogP contribution in [0.2, 0.25) is 0 Å². The van der Waals surface area contributed by atoms with Crippen LogP contribution in [0.1, 0.15) is 5.56 Å². The smallest absolute Gasteiger partial charge is 0.226 e. The minimum Gasteiger partial charge on any atom is -0.481 e. The summed E-state index contributed by atoms with van der Waals surface area (Å²) in [6.07, 6.45) is 1.34. The number of aromatic nitrogens is 2. The first-order valence-electron chi connectivity index (χ1n) is 4.86. The number of methoxy groups -OCH3 is 1. The molecule has 1 aromatic heterocycles. The van der Waals surface area contributed by atoms with Gasteiger partial charge in [0, 0.05) is 0 Å². The van der Waals surface area contributed by atoms with Gasteiger partial charge in [-0.3, -0.25) is 0 Å². The molecule has 84 valence electrons. The van der Waals surface area contributed by atoms with Gasteiger partial charge in [0.15, 0.2) is 0 Å². The quantitative estimate of drug-likeness (QED) is 0.803. The maximum atomic E-state index is 8.91. The number of hydrogen-bond donors (Lipinski definition) is 0. The van der Waals surface area contributed by atoms with Crippen LogP contribution in [-0.4, -0.2) is 17.1 Å². The van der Waals surface area contributed by atoms with Crippen molar-refractivity contribution in [3.05, 3.63) is 42.2 Å². The van der Waals surface area contributed by atoms with E-state index in [0.717, 1.165) is 0 Å². The Morgan fingerprint density at radius 1 is 1.18 bits per heavy atom. The Balaban J connectivity index is 2.28. The molecule has 5 nitrogen and oxygen atoms in total. The van der Waals surface area contributed by atoms with Gasteiger partial charge in [0.1, 0.15) is 18.1 Å². The summed E-state index contributed by atoms with van der Waals surface area (Å²) in [5.74, 6) is 1.19. The van der Waals surface area contributed by atoms with E-state index >= 15 is 0 Å². The summed E-state index contributed by atoms with van der Waals surface area (Å²) in [4.78, 5) is 7.80. The number of rotatable bonds is 3. The van der Waals surface area contributed by atoms with Crippen molar-refractivity contribution in [3.63, 3.8) is 0 Å². The lowest BCUT2D eigenvalue weighted by Crippen LogP contribution is -1.93. The molecular formula is C12H9N3O2. The summed E-state index contributed by atoms with van der Waals surface area (Å²) in [6.45, 7) is 0. The lowest BCUT2D eigenvalue weighted by Gasteiger charge is -2.06. The molecule has 2 rings (SSSR count). The second-order valence-electron chi connectivity index (χ2n) is 3.11. The number of ether oxygens (including phenoxy) is 2. The molecule has 2 aromatic rings. The zero-order valence-electron chi connectivity index (χ0n) is 9.12. The summed E-state index contributed by atoms with van der Waals surface area (Å²) in [5.41, 5.74) is 0.449. The molecule has 0 atom stereocenters. The van der Waals surface area contributed by atoms with Crippen molar-refractivity contribution in [3.8, 4) is 23.6 Å². The Kier molecular flexibility index (Phi) is 3.17. The maximum absolute atomic E-state index is 8.91. The van der Waals surface area contributed by atoms with Crippen LogP contribution < -0.4 is 9.47 Å². The van der Waals surface area contributed by atoms with Gasteiger partial charge in [-0.05, 0) is 12.1 Å². The highest BCUT2D eigenvalue weighted by Crippen LogP contribution is 2.24. The molecule has 17 heavy (non-hydrogen) atoms. The number of hydrogen-bond acceptors (Lipinski definition) is 5. The van der Waals surface area contributed by atoms with Gasteiger partial charge >= 0.3 is 0 Å². The Bertz CT molecular complexity index is 564. The Labute approximate surface area is 98.3 Å². The molecule has 0 saturated carbocycles. The van der Waals surface area contributed by atoms with Gasteiger partial charge in [0.05, 0.1) is 18.7 Å². The van der Waals surface area contributed by atoms with Crippen molar-refractivity contribution in [1.82, 2.24) is 9.97 Å². The van der Waals surface area contributed by atoms with E-state index in [-0.39, 0.29) is 0 Å². The highest BCUT2D eigenvalue weighted by Gasteiger charge is 2.05. The number of para-hydroxylation sites is 1. The molecule has 0 saturated heterocycles. The normalized spacial score (nSPS) is 9.41. The average molecular weight is 227 g/mol. The van der Waals surface area contributed by atoms with Gasteiger partial charge < -0.3 is 9.47 Å². The standard InChI is InChI=1S/C12H9N3O2/c1-16-11-6-12(15-8-14-11)17-10-5-3-2-4-9(10)7-13/h2-6,8H,1H3. The third-order valence-corrected chi connectivity index (χ3v) is 2.05. The number of nitriles is 1. The van der Waals surface area contributed by atoms with E-state index in [2.05, 4.69) is 9.97 Å². The SMILES string of the molecule is COc1cc(Oc2ccccc2C#N)ncn1. The minimum atomic E-state index is 0.333. The molecule has 1 aromatic carbocycles.